The van der Waals surface area contributed by atoms with Crippen LogP contribution in [0, 0.1) is 0 Å². The van der Waals surface area contributed by atoms with Gasteiger partial charge in [0, 0.05) is 4.53 Å². The van der Waals surface area contributed by atoms with Crippen LogP contribution in [0.1, 0.15) is 26.7 Å². The molecular weight excluding hydrogens is 193 g/mol. The van der Waals surface area contributed by atoms with Crippen molar-refractivity contribution in [2.45, 2.75) is 32.7 Å². The van der Waals surface area contributed by atoms with Crippen molar-refractivity contribution in [1.29, 1.82) is 0 Å². The van der Waals surface area contributed by atoms with Crippen LogP contribution in [0.25, 0.3) is 0 Å². The number of rotatable bonds is 4. The molecule has 0 saturated carbocycles. The molecule has 0 radical (unpaired) electrons. The zero-order valence-corrected chi connectivity index (χ0v) is 8.58. The maximum Gasteiger partial charge on any atom is 0.348 e. The molecule has 1 atom stereocenters. The van der Waals surface area contributed by atoms with E-state index >= 15 is 0 Å². The number of carbonyl (C=O) groups is 2. The summed E-state index contributed by atoms with van der Waals surface area (Å²) in [6, 6.07) is -0.908. The van der Waals surface area contributed by atoms with Gasteiger partial charge in [-0.3, -0.25) is 9.74 Å². The van der Waals surface area contributed by atoms with Crippen molar-refractivity contribution in [1.82, 2.24) is 0 Å². The molecule has 0 saturated heterocycles. The fourth-order valence-corrected chi connectivity index (χ4v) is 0.581. The van der Waals surface area contributed by atoms with Gasteiger partial charge in [0.15, 0.2) is 0 Å². The molecular formula is C8H16FNO4. The van der Waals surface area contributed by atoms with Crippen LogP contribution in [0.15, 0.2) is 0 Å². The van der Waals surface area contributed by atoms with Gasteiger partial charge in [-0.25, -0.2) is 4.79 Å². The Bertz CT molecular complexity index is 175. The number of carbonyl (C=O) groups excluding carboxylic acids is 2. The first-order valence-electron chi connectivity index (χ1n) is 4.26. The first kappa shape index (κ1) is 15.3. The number of hydrogen-bond donors (Lipinski definition) is 1. The van der Waals surface area contributed by atoms with E-state index in [0.717, 1.165) is 0 Å². The van der Waals surface area contributed by atoms with E-state index in [0.29, 0.717) is 0 Å². The van der Waals surface area contributed by atoms with Gasteiger partial charge in [0.25, 0.3) is 0 Å². The minimum atomic E-state index is -1.05. The third-order valence-electron chi connectivity index (χ3n) is 1.25. The maximum atomic E-state index is 11.1. The largest absolute Gasteiger partial charge is 0.468 e. The van der Waals surface area contributed by atoms with Crippen LogP contribution in [0.5, 0.6) is 0 Å². The molecule has 0 aromatic heterocycles. The molecule has 1 unspecified atom stereocenters. The number of nitrogens with two attached hydrogens (primary N) is 1. The van der Waals surface area contributed by atoms with Gasteiger partial charge < -0.3 is 10.5 Å². The Hall–Kier alpha value is -1.17. The van der Waals surface area contributed by atoms with Gasteiger partial charge in [0.1, 0.15) is 6.04 Å². The summed E-state index contributed by atoms with van der Waals surface area (Å²) in [5.41, 5.74) is 5.23. The lowest BCUT2D eigenvalue weighted by Gasteiger charge is -2.06. The monoisotopic (exact) mass is 209 g/mol. The van der Waals surface area contributed by atoms with Gasteiger partial charge in [-0.15, -0.1) is 0 Å². The van der Waals surface area contributed by atoms with Crippen molar-refractivity contribution < 1.29 is 23.8 Å². The van der Waals surface area contributed by atoms with Gasteiger partial charge in [-0.2, -0.15) is 0 Å². The summed E-state index contributed by atoms with van der Waals surface area (Å²) in [5, 5.41) is 0. The van der Waals surface area contributed by atoms with Gasteiger partial charge in [-0.05, 0) is 6.42 Å². The Kier molecular flexibility index (Phi) is 10.8. The number of halogens is 1. The number of ether oxygens (including phenoxy) is 1. The quantitative estimate of drug-likeness (QED) is 0.690. The smallest absolute Gasteiger partial charge is 0.348 e. The number of methoxy groups -OCH3 is 1. The molecule has 0 aromatic rings. The molecule has 2 N–H and O–H groups in total. The summed E-state index contributed by atoms with van der Waals surface area (Å²) in [6.07, 6.45) is -0.234. The van der Waals surface area contributed by atoms with E-state index in [9.17, 15) is 14.1 Å². The zero-order valence-electron chi connectivity index (χ0n) is 8.58. The second-order valence-electron chi connectivity index (χ2n) is 2.12. The highest BCUT2D eigenvalue weighted by Gasteiger charge is 2.15. The lowest BCUT2D eigenvalue weighted by Crippen LogP contribution is -2.32. The van der Waals surface area contributed by atoms with E-state index in [-0.39, 0.29) is 12.8 Å². The van der Waals surface area contributed by atoms with E-state index < -0.39 is 18.0 Å². The van der Waals surface area contributed by atoms with Gasteiger partial charge in [0.2, 0.25) is 0 Å². The molecule has 0 aromatic carbocycles. The fourth-order valence-electron chi connectivity index (χ4n) is 0.581. The summed E-state index contributed by atoms with van der Waals surface area (Å²) >= 11 is 0. The fraction of sp³-hybridized carbons (Fsp3) is 0.750. The van der Waals surface area contributed by atoms with Crippen molar-refractivity contribution in [2.24, 2.45) is 5.73 Å². The SMILES string of the molecule is CC.COC(=O)C(N)CCC(=O)OF. The minimum absolute atomic E-state index is 0.00935. The van der Waals surface area contributed by atoms with Gasteiger partial charge in [0.05, 0.1) is 13.5 Å². The van der Waals surface area contributed by atoms with Crippen LogP contribution in [0.2, 0.25) is 0 Å². The minimum Gasteiger partial charge on any atom is -0.468 e. The van der Waals surface area contributed by atoms with Crippen molar-refractivity contribution in [3.05, 3.63) is 0 Å². The normalized spacial score (nSPS) is 10.6. The molecule has 5 nitrogen and oxygen atoms in total. The molecule has 0 amide bonds. The third kappa shape index (κ3) is 7.48. The average Bonchev–Trinajstić information content (AvgIpc) is 2.26. The Morgan fingerprint density at radius 2 is 1.93 bits per heavy atom. The maximum absolute atomic E-state index is 11.1. The predicted molar refractivity (Wildman–Crippen MR) is 47.8 cm³/mol. The highest BCUT2D eigenvalue weighted by Crippen LogP contribution is 1.98. The van der Waals surface area contributed by atoms with Crippen molar-refractivity contribution in [3.8, 4) is 0 Å². The van der Waals surface area contributed by atoms with E-state index in [4.69, 9.17) is 5.73 Å². The lowest BCUT2D eigenvalue weighted by atomic mass is 10.2. The standard InChI is InChI=1S/C6H10FNO4.C2H6/c1-11-6(10)4(8)2-3-5(9)12-7;1-2/h4H,2-3,8H2,1H3;1-2H3. The summed E-state index contributed by atoms with van der Waals surface area (Å²) in [4.78, 5) is 23.7. The van der Waals surface area contributed by atoms with E-state index in [2.05, 4.69) is 9.68 Å². The van der Waals surface area contributed by atoms with Crippen LogP contribution < -0.4 is 5.73 Å². The van der Waals surface area contributed by atoms with Crippen LogP contribution in [-0.2, 0) is 19.3 Å². The highest BCUT2D eigenvalue weighted by molar-refractivity contribution is 5.76. The van der Waals surface area contributed by atoms with Crippen molar-refractivity contribution in [3.63, 3.8) is 0 Å². The van der Waals surface area contributed by atoms with E-state index in [1.54, 1.807) is 0 Å². The Morgan fingerprint density at radius 3 is 2.29 bits per heavy atom. The highest BCUT2D eigenvalue weighted by atomic mass is 19.3. The Balaban J connectivity index is 0. The summed E-state index contributed by atoms with van der Waals surface area (Å²) in [5.74, 6) is -1.68. The number of hydrogen-bond acceptors (Lipinski definition) is 5. The average molecular weight is 209 g/mol. The zero-order chi connectivity index (χ0) is 11.6. The molecule has 6 heteroatoms. The van der Waals surface area contributed by atoms with Crippen LogP contribution >= 0.6 is 0 Å². The predicted octanol–water partition coefficient (Wildman–Crippen LogP) is 0.721. The van der Waals surface area contributed by atoms with Crippen molar-refractivity contribution >= 4 is 11.9 Å². The third-order valence-corrected chi connectivity index (χ3v) is 1.25. The molecule has 0 rings (SSSR count). The number of esters is 1. The van der Waals surface area contributed by atoms with Crippen LogP contribution in [0.4, 0.5) is 4.53 Å². The van der Waals surface area contributed by atoms with E-state index in [1.165, 1.54) is 7.11 Å². The first-order chi connectivity index (χ1) is 6.61. The summed E-state index contributed by atoms with van der Waals surface area (Å²) in [7, 11) is 1.18. The summed E-state index contributed by atoms with van der Waals surface area (Å²) < 4.78 is 15.4. The molecule has 0 aliphatic carbocycles. The molecule has 14 heavy (non-hydrogen) atoms. The van der Waals surface area contributed by atoms with E-state index in [1.807, 2.05) is 13.8 Å². The molecule has 0 fully saturated rings. The topological polar surface area (TPSA) is 78.6 Å². The van der Waals surface area contributed by atoms with Crippen LogP contribution in [0.3, 0.4) is 0 Å². The van der Waals surface area contributed by atoms with Crippen molar-refractivity contribution in [2.75, 3.05) is 7.11 Å². The molecule has 0 heterocycles. The van der Waals surface area contributed by atoms with Gasteiger partial charge >= 0.3 is 11.9 Å². The first-order valence-corrected chi connectivity index (χ1v) is 4.26. The summed E-state index contributed by atoms with van der Waals surface area (Å²) in [6.45, 7) is 4.00. The molecule has 0 spiro atoms. The molecule has 84 valence electrons. The van der Waals surface area contributed by atoms with Gasteiger partial charge in [-0.1, -0.05) is 13.8 Å². The second kappa shape index (κ2) is 9.91. The molecule has 0 aliphatic rings. The lowest BCUT2D eigenvalue weighted by molar-refractivity contribution is -0.183. The molecule has 0 bridgehead atoms. The Morgan fingerprint density at radius 1 is 1.43 bits per heavy atom. The second-order valence-corrected chi connectivity index (χ2v) is 2.12. The molecule has 0 aliphatic heterocycles. The van der Waals surface area contributed by atoms with Crippen LogP contribution in [-0.4, -0.2) is 25.1 Å². The Labute approximate surface area is 82.3 Å².